The van der Waals surface area contributed by atoms with Gasteiger partial charge in [0.2, 0.25) is 5.91 Å². The minimum absolute atomic E-state index is 0.0196. The lowest BCUT2D eigenvalue weighted by Crippen LogP contribution is -2.30. The Morgan fingerprint density at radius 1 is 1.48 bits per heavy atom. The summed E-state index contributed by atoms with van der Waals surface area (Å²) in [6.45, 7) is 2.77. The number of anilines is 1. The number of carbonyl (C=O) groups excluding carboxylic acids is 2. The second-order valence-electron chi connectivity index (χ2n) is 4.34. The molecule has 1 aliphatic rings. The zero-order chi connectivity index (χ0) is 15.2. The second-order valence-corrected chi connectivity index (χ2v) is 5.28. The van der Waals surface area contributed by atoms with Crippen LogP contribution in [-0.2, 0) is 16.1 Å². The molecule has 21 heavy (non-hydrogen) atoms. The largest absolute Gasteiger partial charge is 0.380 e. The van der Waals surface area contributed by atoms with Gasteiger partial charge in [-0.05, 0) is 13.0 Å². The molecule has 0 saturated carbocycles. The summed E-state index contributed by atoms with van der Waals surface area (Å²) >= 11 is 1.28. The number of methoxy groups -OCH3 is 1. The third kappa shape index (κ3) is 3.83. The predicted molar refractivity (Wildman–Crippen MR) is 83.5 cm³/mol. The average molecular weight is 307 g/mol. The zero-order valence-corrected chi connectivity index (χ0v) is 12.8. The van der Waals surface area contributed by atoms with Crippen molar-refractivity contribution in [2.75, 3.05) is 24.7 Å². The summed E-state index contributed by atoms with van der Waals surface area (Å²) in [5.74, 6) is 0.314. The van der Waals surface area contributed by atoms with Gasteiger partial charge >= 0.3 is 6.03 Å². The predicted octanol–water partition coefficient (Wildman–Crippen LogP) is 2.32. The number of hydrogen-bond acceptors (Lipinski definition) is 4. The summed E-state index contributed by atoms with van der Waals surface area (Å²) in [4.78, 5) is 29.0. The highest BCUT2D eigenvalue weighted by Gasteiger charge is 2.27. The SMILES string of the molecule is CCN1C(=O)CS/C1=N\C(=O)Nc1ccccc1COC. The molecule has 1 saturated heterocycles. The summed E-state index contributed by atoms with van der Waals surface area (Å²) < 4.78 is 5.09. The van der Waals surface area contributed by atoms with Crippen molar-refractivity contribution in [1.82, 2.24) is 4.90 Å². The van der Waals surface area contributed by atoms with E-state index in [4.69, 9.17) is 4.74 Å². The zero-order valence-electron chi connectivity index (χ0n) is 12.0. The number of amidine groups is 1. The maximum Gasteiger partial charge on any atom is 0.347 e. The van der Waals surface area contributed by atoms with Gasteiger partial charge in [-0.2, -0.15) is 4.99 Å². The second kappa shape index (κ2) is 7.24. The molecule has 1 fully saturated rings. The van der Waals surface area contributed by atoms with Gasteiger partial charge in [0.1, 0.15) is 0 Å². The lowest BCUT2D eigenvalue weighted by Gasteiger charge is -2.13. The molecule has 1 aliphatic heterocycles. The van der Waals surface area contributed by atoms with E-state index in [0.29, 0.717) is 29.8 Å². The van der Waals surface area contributed by atoms with E-state index in [1.54, 1.807) is 13.2 Å². The first-order chi connectivity index (χ1) is 10.2. The van der Waals surface area contributed by atoms with E-state index in [0.717, 1.165) is 5.56 Å². The minimum Gasteiger partial charge on any atom is -0.380 e. The number of hydrogen-bond donors (Lipinski definition) is 1. The molecule has 0 unspecified atom stereocenters. The first-order valence-corrected chi connectivity index (χ1v) is 7.54. The third-order valence-corrected chi connectivity index (χ3v) is 3.89. The van der Waals surface area contributed by atoms with Crippen LogP contribution in [0.4, 0.5) is 10.5 Å². The Labute approximate surface area is 127 Å². The molecule has 112 valence electrons. The summed E-state index contributed by atoms with van der Waals surface area (Å²) in [5.41, 5.74) is 1.53. The van der Waals surface area contributed by atoms with Crippen molar-refractivity contribution in [3.8, 4) is 0 Å². The number of nitrogens with zero attached hydrogens (tertiary/aromatic N) is 2. The Balaban J connectivity index is 2.10. The van der Waals surface area contributed by atoms with Crippen LogP contribution < -0.4 is 5.32 Å². The molecule has 0 spiro atoms. The fraction of sp³-hybridized carbons (Fsp3) is 0.357. The number of nitrogens with one attached hydrogen (secondary N) is 1. The monoisotopic (exact) mass is 307 g/mol. The van der Waals surface area contributed by atoms with Crippen molar-refractivity contribution >= 4 is 34.6 Å². The molecule has 1 N–H and O–H groups in total. The molecule has 0 bridgehead atoms. The van der Waals surface area contributed by atoms with Crippen molar-refractivity contribution in [2.24, 2.45) is 4.99 Å². The van der Waals surface area contributed by atoms with Gasteiger partial charge in [0.05, 0.1) is 12.4 Å². The molecular formula is C14H17N3O3S. The van der Waals surface area contributed by atoms with Gasteiger partial charge < -0.3 is 10.1 Å². The molecule has 0 aliphatic carbocycles. The lowest BCUT2D eigenvalue weighted by atomic mass is 10.2. The quantitative estimate of drug-likeness (QED) is 0.926. The summed E-state index contributed by atoms with van der Waals surface area (Å²) in [5, 5.41) is 3.17. The first kappa shape index (κ1) is 15.5. The Kier molecular flexibility index (Phi) is 5.35. The number of thioether (sulfide) groups is 1. The molecular weight excluding hydrogens is 290 g/mol. The maximum atomic E-state index is 12.0. The molecule has 7 heteroatoms. The van der Waals surface area contributed by atoms with Gasteiger partial charge in [0.25, 0.3) is 0 Å². The smallest absolute Gasteiger partial charge is 0.347 e. The Bertz CT molecular complexity index is 574. The molecule has 0 aromatic heterocycles. The van der Waals surface area contributed by atoms with Crippen LogP contribution in [0, 0.1) is 0 Å². The standard InChI is InChI=1S/C14H17N3O3S/c1-3-17-12(18)9-21-14(17)16-13(19)15-11-7-5-4-6-10(11)8-20-2/h4-7H,3,8-9H2,1-2H3,(H,15,19)/b16-14-. The molecule has 0 atom stereocenters. The molecule has 1 aromatic rings. The van der Waals surface area contributed by atoms with Crippen molar-refractivity contribution in [2.45, 2.75) is 13.5 Å². The topological polar surface area (TPSA) is 71.0 Å². The Morgan fingerprint density at radius 3 is 2.95 bits per heavy atom. The van der Waals surface area contributed by atoms with E-state index < -0.39 is 6.03 Å². The highest BCUT2D eigenvalue weighted by Crippen LogP contribution is 2.20. The molecule has 6 nitrogen and oxygen atoms in total. The minimum atomic E-state index is -0.491. The number of benzene rings is 1. The summed E-state index contributed by atoms with van der Waals surface area (Å²) in [6, 6.07) is 6.87. The first-order valence-electron chi connectivity index (χ1n) is 6.55. The van der Waals surface area contributed by atoms with Gasteiger partial charge in [0, 0.05) is 24.9 Å². The molecule has 3 amide bonds. The highest BCUT2D eigenvalue weighted by atomic mass is 32.2. The van der Waals surface area contributed by atoms with Crippen LogP contribution in [0.5, 0.6) is 0 Å². The highest BCUT2D eigenvalue weighted by molar-refractivity contribution is 8.15. The third-order valence-electron chi connectivity index (χ3n) is 2.93. The normalized spacial score (nSPS) is 16.6. The fourth-order valence-corrected chi connectivity index (χ4v) is 2.89. The molecule has 2 rings (SSSR count). The van der Waals surface area contributed by atoms with Crippen LogP contribution >= 0.6 is 11.8 Å². The maximum absolute atomic E-state index is 12.0. The number of ether oxygens (including phenoxy) is 1. The Morgan fingerprint density at radius 2 is 2.24 bits per heavy atom. The van der Waals surface area contributed by atoms with Crippen LogP contribution in [0.15, 0.2) is 29.3 Å². The molecule has 1 heterocycles. The average Bonchev–Trinajstić information content (AvgIpc) is 2.81. The van der Waals surface area contributed by atoms with Crippen LogP contribution in [0.3, 0.4) is 0 Å². The van der Waals surface area contributed by atoms with E-state index in [-0.39, 0.29) is 5.91 Å². The van der Waals surface area contributed by atoms with Crippen molar-refractivity contribution in [3.05, 3.63) is 29.8 Å². The van der Waals surface area contributed by atoms with E-state index in [9.17, 15) is 9.59 Å². The number of aliphatic imine (C=N–C) groups is 1. The number of para-hydroxylation sites is 1. The molecule has 1 aromatic carbocycles. The van der Waals surface area contributed by atoms with E-state index in [2.05, 4.69) is 10.3 Å². The van der Waals surface area contributed by atoms with E-state index in [1.165, 1.54) is 16.7 Å². The molecule has 0 radical (unpaired) electrons. The lowest BCUT2D eigenvalue weighted by molar-refractivity contribution is -0.123. The van der Waals surface area contributed by atoms with Crippen LogP contribution in [0.25, 0.3) is 0 Å². The van der Waals surface area contributed by atoms with E-state index in [1.807, 2.05) is 25.1 Å². The van der Waals surface area contributed by atoms with Crippen LogP contribution in [-0.4, -0.2) is 41.4 Å². The van der Waals surface area contributed by atoms with Gasteiger partial charge in [0.15, 0.2) is 5.17 Å². The Hall–Kier alpha value is -1.86. The van der Waals surface area contributed by atoms with Gasteiger partial charge in [-0.15, -0.1) is 0 Å². The van der Waals surface area contributed by atoms with Crippen molar-refractivity contribution in [3.63, 3.8) is 0 Å². The van der Waals surface area contributed by atoms with Crippen LogP contribution in [0.1, 0.15) is 12.5 Å². The van der Waals surface area contributed by atoms with Gasteiger partial charge in [-0.1, -0.05) is 30.0 Å². The van der Waals surface area contributed by atoms with Crippen molar-refractivity contribution in [1.29, 1.82) is 0 Å². The van der Waals surface area contributed by atoms with Crippen molar-refractivity contribution < 1.29 is 14.3 Å². The summed E-state index contributed by atoms with van der Waals surface area (Å²) in [6.07, 6.45) is 0. The number of carbonyl (C=O) groups is 2. The number of amides is 3. The van der Waals surface area contributed by atoms with Crippen LogP contribution in [0.2, 0.25) is 0 Å². The van der Waals surface area contributed by atoms with Gasteiger partial charge in [-0.25, -0.2) is 4.79 Å². The number of rotatable bonds is 4. The van der Waals surface area contributed by atoms with Gasteiger partial charge in [-0.3, -0.25) is 9.69 Å². The fourth-order valence-electron chi connectivity index (χ4n) is 1.95. The summed E-state index contributed by atoms with van der Waals surface area (Å²) in [7, 11) is 1.60. The number of urea groups is 1. The van der Waals surface area contributed by atoms with E-state index >= 15 is 0 Å².